The third kappa shape index (κ3) is 2.76. The van der Waals surface area contributed by atoms with Gasteiger partial charge in [-0.2, -0.15) is 0 Å². The van der Waals surface area contributed by atoms with Crippen LogP contribution in [-0.2, 0) is 12.8 Å². The highest BCUT2D eigenvalue weighted by Crippen LogP contribution is 2.27. The maximum Gasteiger partial charge on any atom is 0.150 e. The smallest absolute Gasteiger partial charge is 0.150 e. The first-order valence-electron chi connectivity index (χ1n) is 6.87. The molecule has 2 aromatic rings. The number of aryl methyl sites for hydroxylation is 3. The van der Waals surface area contributed by atoms with Gasteiger partial charge in [-0.15, -0.1) is 0 Å². The van der Waals surface area contributed by atoms with E-state index in [1.807, 2.05) is 18.2 Å². The maximum absolute atomic E-state index is 10.9. The molecule has 0 bridgehead atoms. The van der Waals surface area contributed by atoms with Crippen molar-refractivity contribution in [3.05, 3.63) is 58.7 Å². The minimum Gasteiger partial charge on any atom is -0.298 e. The molecule has 1 nitrogen and oxygen atoms in total. The van der Waals surface area contributed by atoms with Crippen molar-refractivity contribution in [1.29, 1.82) is 0 Å². The van der Waals surface area contributed by atoms with E-state index in [1.165, 1.54) is 22.3 Å². The Morgan fingerprint density at radius 3 is 2.32 bits per heavy atom. The highest BCUT2D eigenvalue weighted by molar-refractivity contribution is 5.80. The monoisotopic (exact) mass is 252 g/mol. The summed E-state index contributed by atoms with van der Waals surface area (Å²) in [7, 11) is 0. The van der Waals surface area contributed by atoms with E-state index in [0.717, 1.165) is 30.3 Å². The van der Waals surface area contributed by atoms with Crippen LogP contribution in [0.25, 0.3) is 11.1 Å². The molecule has 0 atom stereocenters. The molecule has 0 radical (unpaired) electrons. The second kappa shape index (κ2) is 5.83. The molecule has 0 saturated heterocycles. The SMILES string of the molecule is CCc1ccc(-c2cc(C=O)ccc2C)cc1CC. The van der Waals surface area contributed by atoms with E-state index < -0.39 is 0 Å². The van der Waals surface area contributed by atoms with Crippen LogP contribution in [0.4, 0.5) is 0 Å². The molecular weight excluding hydrogens is 232 g/mol. The van der Waals surface area contributed by atoms with Crippen LogP contribution in [0.2, 0.25) is 0 Å². The van der Waals surface area contributed by atoms with Gasteiger partial charge in [0.25, 0.3) is 0 Å². The fraction of sp³-hybridized carbons (Fsp3) is 0.278. The number of carbonyl (C=O) groups is 1. The third-order valence-electron chi connectivity index (χ3n) is 3.68. The Labute approximate surface area is 115 Å². The Morgan fingerprint density at radius 2 is 1.68 bits per heavy atom. The van der Waals surface area contributed by atoms with Gasteiger partial charge in [0.05, 0.1) is 0 Å². The van der Waals surface area contributed by atoms with Crippen molar-refractivity contribution in [1.82, 2.24) is 0 Å². The summed E-state index contributed by atoms with van der Waals surface area (Å²) in [6.07, 6.45) is 3.02. The van der Waals surface area contributed by atoms with Crippen molar-refractivity contribution in [2.45, 2.75) is 33.6 Å². The quantitative estimate of drug-likeness (QED) is 0.727. The second-order valence-corrected chi connectivity index (χ2v) is 4.88. The lowest BCUT2D eigenvalue weighted by atomic mass is 9.93. The van der Waals surface area contributed by atoms with Gasteiger partial charge < -0.3 is 0 Å². The molecule has 2 rings (SSSR count). The minimum absolute atomic E-state index is 0.734. The molecule has 0 unspecified atom stereocenters. The highest BCUT2D eigenvalue weighted by atomic mass is 16.1. The lowest BCUT2D eigenvalue weighted by Crippen LogP contribution is -1.93. The number of hydrogen-bond donors (Lipinski definition) is 0. The Bertz CT molecular complexity index is 597. The van der Waals surface area contributed by atoms with Crippen molar-refractivity contribution < 1.29 is 4.79 Å². The topological polar surface area (TPSA) is 17.1 Å². The van der Waals surface area contributed by atoms with Crippen LogP contribution >= 0.6 is 0 Å². The summed E-state index contributed by atoms with van der Waals surface area (Å²) in [4.78, 5) is 10.9. The molecule has 19 heavy (non-hydrogen) atoms. The Kier molecular flexibility index (Phi) is 4.16. The van der Waals surface area contributed by atoms with E-state index in [4.69, 9.17) is 0 Å². The summed E-state index contributed by atoms with van der Waals surface area (Å²) in [6, 6.07) is 12.5. The molecule has 1 heteroatoms. The zero-order valence-electron chi connectivity index (χ0n) is 11.9. The van der Waals surface area contributed by atoms with Gasteiger partial charge in [-0.25, -0.2) is 0 Å². The van der Waals surface area contributed by atoms with E-state index >= 15 is 0 Å². The molecule has 0 heterocycles. The molecule has 0 aliphatic rings. The fourth-order valence-electron chi connectivity index (χ4n) is 2.49. The van der Waals surface area contributed by atoms with Gasteiger partial charge in [-0.05, 0) is 53.6 Å². The van der Waals surface area contributed by atoms with E-state index in [0.29, 0.717) is 0 Å². The summed E-state index contributed by atoms with van der Waals surface area (Å²) in [5.74, 6) is 0. The number of hydrogen-bond acceptors (Lipinski definition) is 1. The standard InChI is InChI=1S/C18H20O/c1-4-15-8-9-17(11-16(15)5-2)18-10-14(12-19)7-6-13(18)3/h6-12H,4-5H2,1-3H3. The minimum atomic E-state index is 0.734. The first-order chi connectivity index (χ1) is 9.19. The van der Waals surface area contributed by atoms with Crippen molar-refractivity contribution >= 4 is 6.29 Å². The van der Waals surface area contributed by atoms with E-state index in [1.54, 1.807) is 0 Å². The maximum atomic E-state index is 10.9. The lowest BCUT2D eigenvalue weighted by Gasteiger charge is -2.11. The molecule has 0 fully saturated rings. The van der Waals surface area contributed by atoms with Gasteiger partial charge >= 0.3 is 0 Å². The number of aldehydes is 1. The van der Waals surface area contributed by atoms with Crippen LogP contribution in [0, 0.1) is 6.92 Å². The van der Waals surface area contributed by atoms with Gasteiger partial charge in [-0.3, -0.25) is 4.79 Å². The van der Waals surface area contributed by atoms with E-state index in [9.17, 15) is 4.79 Å². The van der Waals surface area contributed by atoms with Gasteiger partial charge in [0, 0.05) is 5.56 Å². The van der Waals surface area contributed by atoms with Crippen LogP contribution in [0.15, 0.2) is 36.4 Å². The van der Waals surface area contributed by atoms with Crippen LogP contribution in [0.3, 0.4) is 0 Å². The number of carbonyl (C=O) groups excluding carboxylic acids is 1. The van der Waals surface area contributed by atoms with Crippen molar-refractivity contribution in [2.24, 2.45) is 0 Å². The predicted molar refractivity (Wildman–Crippen MR) is 80.8 cm³/mol. The molecule has 0 aromatic heterocycles. The van der Waals surface area contributed by atoms with Gasteiger partial charge in [0.1, 0.15) is 6.29 Å². The first-order valence-corrected chi connectivity index (χ1v) is 6.87. The van der Waals surface area contributed by atoms with Crippen molar-refractivity contribution in [3.8, 4) is 11.1 Å². The molecule has 0 spiro atoms. The average molecular weight is 252 g/mol. The molecule has 0 N–H and O–H groups in total. The Balaban J connectivity index is 2.55. The molecule has 0 amide bonds. The average Bonchev–Trinajstić information content (AvgIpc) is 2.47. The van der Waals surface area contributed by atoms with Crippen LogP contribution in [0.1, 0.15) is 40.9 Å². The van der Waals surface area contributed by atoms with Crippen molar-refractivity contribution in [3.63, 3.8) is 0 Å². The summed E-state index contributed by atoms with van der Waals surface area (Å²) >= 11 is 0. The number of benzene rings is 2. The summed E-state index contributed by atoms with van der Waals surface area (Å²) in [5, 5.41) is 0. The predicted octanol–water partition coefficient (Wildman–Crippen LogP) is 4.60. The van der Waals surface area contributed by atoms with Gasteiger partial charge in [0.2, 0.25) is 0 Å². The Hall–Kier alpha value is -1.89. The van der Waals surface area contributed by atoms with Crippen LogP contribution < -0.4 is 0 Å². The van der Waals surface area contributed by atoms with Gasteiger partial charge in [-0.1, -0.05) is 44.2 Å². The molecular formula is C18H20O. The van der Waals surface area contributed by atoms with Crippen LogP contribution in [0.5, 0.6) is 0 Å². The normalized spacial score (nSPS) is 10.5. The highest BCUT2D eigenvalue weighted by Gasteiger charge is 2.06. The second-order valence-electron chi connectivity index (χ2n) is 4.88. The van der Waals surface area contributed by atoms with Crippen molar-refractivity contribution in [2.75, 3.05) is 0 Å². The zero-order valence-corrected chi connectivity index (χ0v) is 11.9. The molecule has 2 aromatic carbocycles. The molecule has 0 saturated carbocycles. The first kappa shape index (κ1) is 13.5. The summed E-state index contributed by atoms with van der Waals surface area (Å²) in [5.41, 5.74) is 7.11. The summed E-state index contributed by atoms with van der Waals surface area (Å²) in [6.45, 7) is 6.46. The fourth-order valence-corrected chi connectivity index (χ4v) is 2.49. The largest absolute Gasteiger partial charge is 0.298 e. The molecule has 98 valence electrons. The molecule has 0 aliphatic carbocycles. The molecule has 0 aliphatic heterocycles. The van der Waals surface area contributed by atoms with E-state index in [2.05, 4.69) is 39.0 Å². The number of rotatable bonds is 4. The van der Waals surface area contributed by atoms with E-state index in [-0.39, 0.29) is 0 Å². The lowest BCUT2D eigenvalue weighted by molar-refractivity contribution is 0.112. The van der Waals surface area contributed by atoms with Gasteiger partial charge in [0.15, 0.2) is 0 Å². The summed E-state index contributed by atoms with van der Waals surface area (Å²) < 4.78 is 0. The zero-order chi connectivity index (χ0) is 13.8. The van der Waals surface area contributed by atoms with Crippen LogP contribution in [-0.4, -0.2) is 6.29 Å². The third-order valence-corrected chi connectivity index (χ3v) is 3.68. The Morgan fingerprint density at radius 1 is 0.947 bits per heavy atom.